The molecule has 0 heterocycles. The van der Waals surface area contributed by atoms with Gasteiger partial charge in [0.15, 0.2) is 0 Å². The van der Waals surface area contributed by atoms with E-state index in [9.17, 15) is 13.2 Å². The number of ether oxygens (including phenoxy) is 1. The minimum atomic E-state index is -4.42. The molecule has 1 atom stereocenters. The molecule has 1 aliphatic carbocycles. The molecule has 0 spiro atoms. The zero-order valence-electron chi connectivity index (χ0n) is 9.91. The first-order chi connectivity index (χ1) is 8.47. The van der Waals surface area contributed by atoms with Gasteiger partial charge in [-0.15, -0.1) is 0 Å². The van der Waals surface area contributed by atoms with Crippen molar-refractivity contribution in [2.75, 3.05) is 0 Å². The molecule has 0 amide bonds. The van der Waals surface area contributed by atoms with E-state index in [0.29, 0.717) is 5.75 Å². The fraction of sp³-hybridized carbons (Fsp3) is 0.538. The van der Waals surface area contributed by atoms with Gasteiger partial charge in [-0.25, -0.2) is 0 Å². The summed E-state index contributed by atoms with van der Waals surface area (Å²) >= 11 is 0. The van der Waals surface area contributed by atoms with Crippen LogP contribution in [0.2, 0.25) is 0 Å². The first-order valence-electron chi connectivity index (χ1n) is 6.06. The number of rotatable bonds is 3. The maximum atomic E-state index is 12.5. The van der Waals surface area contributed by atoms with Crippen LogP contribution in [0.5, 0.6) is 5.75 Å². The van der Waals surface area contributed by atoms with Crippen LogP contribution in [0.25, 0.3) is 0 Å². The minimum absolute atomic E-state index is 0.0398. The summed E-state index contributed by atoms with van der Waals surface area (Å²) in [4.78, 5) is 0. The number of alkyl halides is 3. The number of hydrogen-bond acceptors (Lipinski definition) is 2. The minimum Gasteiger partial charge on any atom is -0.490 e. The second-order valence-electron chi connectivity index (χ2n) is 4.62. The highest BCUT2D eigenvalue weighted by molar-refractivity contribution is 5.31. The summed E-state index contributed by atoms with van der Waals surface area (Å²) in [5.41, 5.74) is 5.21. The molecule has 5 heteroatoms. The molecule has 2 nitrogen and oxygen atoms in total. The van der Waals surface area contributed by atoms with Crippen molar-refractivity contribution in [1.82, 2.24) is 0 Å². The van der Waals surface area contributed by atoms with Gasteiger partial charge in [0.25, 0.3) is 0 Å². The lowest BCUT2D eigenvalue weighted by Gasteiger charge is -2.18. The highest BCUT2D eigenvalue weighted by Gasteiger charge is 2.37. The van der Waals surface area contributed by atoms with E-state index < -0.39 is 12.2 Å². The predicted molar refractivity (Wildman–Crippen MR) is 62.3 cm³/mol. The van der Waals surface area contributed by atoms with Crippen molar-refractivity contribution >= 4 is 0 Å². The standard InChI is InChI=1S/C13H16F3NO/c14-13(15,16)12(17)9-4-3-7-11(8-9)18-10-5-1-2-6-10/h3-4,7-8,10,12H,1-2,5-6,17H2/t12-/m1/s1. The third-order valence-corrected chi connectivity index (χ3v) is 3.17. The van der Waals surface area contributed by atoms with Gasteiger partial charge in [0.2, 0.25) is 0 Å². The fourth-order valence-electron chi connectivity index (χ4n) is 2.17. The van der Waals surface area contributed by atoms with Gasteiger partial charge in [-0.2, -0.15) is 13.2 Å². The van der Waals surface area contributed by atoms with Crippen LogP contribution < -0.4 is 10.5 Å². The monoisotopic (exact) mass is 259 g/mol. The largest absolute Gasteiger partial charge is 0.490 e. The molecular formula is C13H16F3NO. The van der Waals surface area contributed by atoms with Crippen LogP contribution in [0.15, 0.2) is 24.3 Å². The van der Waals surface area contributed by atoms with Gasteiger partial charge in [0.1, 0.15) is 11.8 Å². The average molecular weight is 259 g/mol. The summed E-state index contributed by atoms with van der Waals surface area (Å²) in [6, 6.07) is 4.02. The molecule has 0 radical (unpaired) electrons. The summed E-state index contributed by atoms with van der Waals surface area (Å²) in [5, 5.41) is 0. The van der Waals surface area contributed by atoms with Crippen molar-refractivity contribution in [2.24, 2.45) is 5.73 Å². The Morgan fingerprint density at radius 3 is 2.50 bits per heavy atom. The van der Waals surface area contributed by atoms with Crippen molar-refractivity contribution in [1.29, 1.82) is 0 Å². The fourth-order valence-corrected chi connectivity index (χ4v) is 2.17. The van der Waals surface area contributed by atoms with Crippen LogP contribution >= 0.6 is 0 Å². The molecule has 1 saturated carbocycles. The lowest BCUT2D eigenvalue weighted by atomic mass is 10.1. The van der Waals surface area contributed by atoms with Crippen LogP contribution in [0.3, 0.4) is 0 Å². The number of hydrogen-bond donors (Lipinski definition) is 1. The topological polar surface area (TPSA) is 35.2 Å². The lowest BCUT2D eigenvalue weighted by molar-refractivity contribution is -0.149. The number of benzene rings is 1. The maximum absolute atomic E-state index is 12.5. The van der Waals surface area contributed by atoms with Crippen LogP contribution in [-0.2, 0) is 0 Å². The summed E-state index contributed by atoms with van der Waals surface area (Å²) < 4.78 is 43.2. The SMILES string of the molecule is N[C@H](c1cccc(OC2CCCC2)c1)C(F)(F)F. The van der Waals surface area contributed by atoms with Crippen LogP contribution in [0, 0.1) is 0 Å². The summed E-state index contributed by atoms with van der Waals surface area (Å²) in [6.07, 6.45) is -0.127. The molecule has 2 N–H and O–H groups in total. The van der Waals surface area contributed by atoms with Crippen LogP contribution in [-0.4, -0.2) is 12.3 Å². The Morgan fingerprint density at radius 2 is 1.89 bits per heavy atom. The Labute approximate surface area is 104 Å². The molecule has 1 aromatic carbocycles. The zero-order valence-corrected chi connectivity index (χ0v) is 9.91. The molecule has 1 fully saturated rings. The van der Waals surface area contributed by atoms with Gasteiger partial charge < -0.3 is 10.5 Å². The summed E-state index contributed by atoms with van der Waals surface area (Å²) in [6.45, 7) is 0. The molecule has 100 valence electrons. The molecule has 0 aliphatic heterocycles. The average Bonchev–Trinajstić information content (AvgIpc) is 2.80. The number of halogens is 3. The smallest absolute Gasteiger partial charge is 0.407 e. The third kappa shape index (κ3) is 3.16. The second-order valence-corrected chi connectivity index (χ2v) is 4.62. The maximum Gasteiger partial charge on any atom is 0.407 e. The normalized spacial score (nSPS) is 18.9. The van der Waals surface area contributed by atoms with E-state index in [2.05, 4.69) is 0 Å². The van der Waals surface area contributed by atoms with E-state index in [1.165, 1.54) is 12.1 Å². The molecular weight excluding hydrogens is 243 g/mol. The van der Waals surface area contributed by atoms with Crippen molar-refractivity contribution in [3.63, 3.8) is 0 Å². The summed E-state index contributed by atoms with van der Waals surface area (Å²) in [5.74, 6) is 0.471. The Bertz CT molecular complexity index is 399. The van der Waals surface area contributed by atoms with E-state index >= 15 is 0 Å². The van der Waals surface area contributed by atoms with E-state index in [-0.39, 0.29) is 11.7 Å². The molecule has 18 heavy (non-hydrogen) atoms. The first kappa shape index (κ1) is 13.2. The zero-order chi connectivity index (χ0) is 13.2. The highest BCUT2D eigenvalue weighted by atomic mass is 19.4. The predicted octanol–water partition coefficient (Wildman–Crippen LogP) is 3.57. The van der Waals surface area contributed by atoms with Crippen molar-refractivity contribution in [2.45, 2.75) is 44.0 Å². The highest BCUT2D eigenvalue weighted by Crippen LogP contribution is 2.32. The Morgan fingerprint density at radius 1 is 1.22 bits per heavy atom. The van der Waals surface area contributed by atoms with E-state index in [0.717, 1.165) is 25.7 Å². The van der Waals surface area contributed by atoms with Gasteiger partial charge in [0, 0.05) is 0 Å². The van der Waals surface area contributed by atoms with E-state index in [4.69, 9.17) is 10.5 Å². The molecule has 0 unspecified atom stereocenters. The van der Waals surface area contributed by atoms with E-state index in [1.54, 1.807) is 12.1 Å². The van der Waals surface area contributed by atoms with Gasteiger partial charge in [-0.3, -0.25) is 0 Å². The van der Waals surface area contributed by atoms with Crippen LogP contribution in [0.4, 0.5) is 13.2 Å². The van der Waals surface area contributed by atoms with Gasteiger partial charge in [0.05, 0.1) is 6.10 Å². The Kier molecular flexibility index (Phi) is 3.80. The van der Waals surface area contributed by atoms with E-state index in [1.807, 2.05) is 0 Å². The molecule has 1 aromatic rings. The van der Waals surface area contributed by atoms with Crippen LogP contribution in [0.1, 0.15) is 37.3 Å². The molecule has 2 rings (SSSR count). The van der Waals surface area contributed by atoms with Crippen molar-refractivity contribution in [3.05, 3.63) is 29.8 Å². The third-order valence-electron chi connectivity index (χ3n) is 3.17. The van der Waals surface area contributed by atoms with Crippen molar-refractivity contribution in [3.8, 4) is 5.75 Å². The first-order valence-corrected chi connectivity index (χ1v) is 6.06. The summed E-state index contributed by atoms with van der Waals surface area (Å²) in [7, 11) is 0. The quantitative estimate of drug-likeness (QED) is 0.900. The number of nitrogens with two attached hydrogens (primary N) is 1. The molecule has 0 aromatic heterocycles. The van der Waals surface area contributed by atoms with Crippen molar-refractivity contribution < 1.29 is 17.9 Å². The molecule has 0 bridgehead atoms. The lowest BCUT2D eigenvalue weighted by Crippen LogP contribution is -2.28. The van der Waals surface area contributed by atoms with Gasteiger partial charge in [-0.1, -0.05) is 12.1 Å². The molecule has 0 saturated heterocycles. The van der Waals surface area contributed by atoms with Gasteiger partial charge >= 0.3 is 6.18 Å². The Balaban J connectivity index is 2.09. The second kappa shape index (κ2) is 5.18. The van der Waals surface area contributed by atoms with Gasteiger partial charge in [-0.05, 0) is 43.4 Å². The Hall–Kier alpha value is -1.23. The molecule has 1 aliphatic rings.